The molecule has 0 saturated carbocycles. The van der Waals surface area contributed by atoms with E-state index in [-0.39, 0.29) is 12.5 Å². The average molecular weight is 315 g/mol. The lowest BCUT2D eigenvalue weighted by Gasteiger charge is -2.26. The fourth-order valence-electron chi connectivity index (χ4n) is 2.43. The third-order valence-electron chi connectivity index (χ3n) is 3.60. The van der Waals surface area contributed by atoms with E-state index in [1.54, 1.807) is 33.4 Å². The van der Waals surface area contributed by atoms with Gasteiger partial charge in [0, 0.05) is 13.1 Å². The van der Waals surface area contributed by atoms with E-state index in [1.165, 1.54) is 0 Å². The van der Waals surface area contributed by atoms with Crippen LogP contribution in [0.4, 0.5) is 0 Å². The van der Waals surface area contributed by atoms with Crippen LogP contribution in [0.25, 0.3) is 10.6 Å². The van der Waals surface area contributed by atoms with Crippen LogP contribution in [0, 0.1) is 0 Å². The Morgan fingerprint density at radius 1 is 1.32 bits per heavy atom. The maximum atomic E-state index is 12.4. The lowest BCUT2D eigenvalue weighted by molar-refractivity contribution is -0.133. The Kier molecular flexibility index (Phi) is 3.19. The predicted octanol–water partition coefficient (Wildman–Crippen LogP) is 0.640. The highest BCUT2D eigenvalue weighted by molar-refractivity contribution is 7.13. The van der Waals surface area contributed by atoms with Gasteiger partial charge >= 0.3 is 0 Å². The highest BCUT2D eigenvalue weighted by atomic mass is 32.1. The number of thiophene rings is 1. The molecule has 3 aromatic rings. The van der Waals surface area contributed by atoms with E-state index in [0.717, 1.165) is 22.9 Å². The summed E-state index contributed by atoms with van der Waals surface area (Å²) in [5.74, 6) is 0.828. The number of nitrogens with zero attached hydrogens (tertiary/aromatic N) is 7. The molecule has 9 heteroatoms. The van der Waals surface area contributed by atoms with Crippen molar-refractivity contribution in [3.05, 3.63) is 35.9 Å². The molecule has 0 aromatic carbocycles. The van der Waals surface area contributed by atoms with Gasteiger partial charge in [-0.1, -0.05) is 11.3 Å². The van der Waals surface area contributed by atoms with Crippen molar-refractivity contribution >= 4 is 17.2 Å². The Bertz CT molecular complexity index is 791. The summed E-state index contributed by atoms with van der Waals surface area (Å²) < 4.78 is 3.55. The van der Waals surface area contributed by atoms with Crippen LogP contribution in [-0.2, 0) is 24.4 Å². The van der Waals surface area contributed by atoms with Crippen LogP contribution in [-0.4, -0.2) is 47.1 Å². The van der Waals surface area contributed by atoms with Crippen LogP contribution in [0.5, 0.6) is 0 Å². The number of carbonyl (C=O) groups excluding carboxylic acids is 1. The first-order valence-electron chi connectivity index (χ1n) is 6.88. The smallest absolute Gasteiger partial charge is 0.244 e. The first kappa shape index (κ1) is 13.1. The molecule has 22 heavy (non-hydrogen) atoms. The predicted molar refractivity (Wildman–Crippen MR) is 78.8 cm³/mol. The van der Waals surface area contributed by atoms with Crippen molar-refractivity contribution in [2.45, 2.75) is 19.6 Å². The molecule has 8 nitrogen and oxygen atoms in total. The summed E-state index contributed by atoms with van der Waals surface area (Å²) in [6, 6.07) is 3.95. The van der Waals surface area contributed by atoms with Crippen molar-refractivity contribution in [1.29, 1.82) is 0 Å². The van der Waals surface area contributed by atoms with E-state index in [2.05, 4.69) is 20.5 Å². The van der Waals surface area contributed by atoms with Crippen molar-refractivity contribution < 1.29 is 4.79 Å². The summed E-state index contributed by atoms with van der Waals surface area (Å²) in [5.41, 5.74) is 0.793. The van der Waals surface area contributed by atoms with E-state index < -0.39 is 0 Å². The molecule has 0 radical (unpaired) electrons. The second-order valence-corrected chi connectivity index (χ2v) is 5.98. The second-order valence-electron chi connectivity index (χ2n) is 5.03. The zero-order chi connectivity index (χ0) is 14.9. The minimum absolute atomic E-state index is 0.0110. The van der Waals surface area contributed by atoms with E-state index in [9.17, 15) is 4.79 Å². The van der Waals surface area contributed by atoms with Crippen molar-refractivity contribution in [3.63, 3.8) is 0 Å². The van der Waals surface area contributed by atoms with Gasteiger partial charge in [-0.25, -0.2) is 4.68 Å². The van der Waals surface area contributed by atoms with Gasteiger partial charge in [-0.15, -0.1) is 26.6 Å². The number of amides is 1. The number of hydrogen-bond donors (Lipinski definition) is 0. The van der Waals surface area contributed by atoms with Crippen molar-refractivity contribution in [3.8, 4) is 10.6 Å². The lowest BCUT2D eigenvalue weighted by atomic mass is 10.3. The first-order valence-corrected chi connectivity index (χ1v) is 7.76. The van der Waals surface area contributed by atoms with Crippen LogP contribution in [0.1, 0.15) is 5.82 Å². The molecule has 0 fully saturated rings. The van der Waals surface area contributed by atoms with E-state index >= 15 is 0 Å². The number of aromatic nitrogens is 6. The summed E-state index contributed by atoms with van der Waals surface area (Å²) in [5, 5.41) is 18.0. The largest absolute Gasteiger partial charge is 0.332 e. The molecule has 0 atom stereocenters. The topological polar surface area (TPSA) is 81.7 Å². The number of rotatable bonds is 3. The Balaban J connectivity index is 1.44. The number of hydrogen-bond acceptors (Lipinski definition) is 6. The normalized spacial score (nSPS) is 14.1. The fraction of sp³-hybridized carbons (Fsp3) is 0.308. The highest BCUT2D eigenvalue weighted by Crippen LogP contribution is 2.21. The molecule has 1 amide bonds. The minimum atomic E-state index is 0.0110. The van der Waals surface area contributed by atoms with E-state index in [1.807, 2.05) is 22.1 Å². The lowest BCUT2D eigenvalue weighted by Crippen LogP contribution is -2.40. The molecule has 0 unspecified atom stereocenters. The Labute approximate surface area is 130 Å². The third-order valence-corrected chi connectivity index (χ3v) is 4.49. The number of fused-ring (bicyclic) bond motifs is 1. The van der Waals surface area contributed by atoms with E-state index in [0.29, 0.717) is 13.1 Å². The molecular formula is C13H13N7OS. The zero-order valence-electron chi connectivity index (χ0n) is 11.7. The van der Waals surface area contributed by atoms with Gasteiger partial charge in [-0.3, -0.25) is 4.79 Å². The molecule has 0 saturated heterocycles. The second kappa shape index (κ2) is 5.34. The Morgan fingerprint density at radius 3 is 3.14 bits per heavy atom. The van der Waals surface area contributed by atoms with Crippen molar-refractivity contribution in [2.24, 2.45) is 0 Å². The van der Waals surface area contributed by atoms with Crippen LogP contribution in [0.15, 0.2) is 30.0 Å². The molecule has 3 aromatic heterocycles. The van der Waals surface area contributed by atoms with Gasteiger partial charge < -0.3 is 9.47 Å². The van der Waals surface area contributed by atoms with Crippen LogP contribution in [0.3, 0.4) is 0 Å². The van der Waals surface area contributed by atoms with E-state index in [4.69, 9.17) is 0 Å². The summed E-state index contributed by atoms with van der Waals surface area (Å²) in [4.78, 5) is 15.2. The van der Waals surface area contributed by atoms with Gasteiger partial charge in [0.1, 0.15) is 18.6 Å². The SMILES string of the molecule is O=C(Cn1cc(-c2cccs2)nn1)N1CCn2cnnc2C1. The summed E-state index contributed by atoms with van der Waals surface area (Å²) >= 11 is 1.60. The van der Waals surface area contributed by atoms with Crippen LogP contribution < -0.4 is 0 Å². The Morgan fingerprint density at radius 2 is 2.27 bits per heavy atom. The number of carbonyl (C=O) groups is 1. The van der Waals surface area contributed by atoms with Gasteiger partial charge in [-0.05, 0) is 11.4 Å². The maximum absolute atomic E-state index is 12.4. The summed E-state index contributed by atoms with van der Waals surface area (Å²) in [6.07, 6.45) is 3.50. The van der Waals surface area contributed by atoms with Crippen molar-refractivity contribution in [1.82, 2.24) is 34.7 Å². The molecule has 0 N–H and O–H groups in total. The van der Waals surface area contributed by atoms with Crippen LogP contribution >= 0.6 is 11.3 Å². The first-order chi connectivity index (χ1) is 10.8. The fourth-order valence-corrected chi connectivity index (χ4v) is 3.11. The molecular weight excluding hydrogens is 302 g/mol. The standard InChI is InChI=1S/C13H13N7OS/c21-13(18-3-4-19-9-14-16-12(19)7-18)8-20-6-10(15-17-20)11-2-1-5-22-11/h1-2,5-6,9H,3-4,7-8H2. The minimum Gasteiger partial charge on any atom is -0.332 e. The molecule has 4 heterocycles. The van der Waals surface area contributed by atoms with Crippen molar-refractivity contribution in [2.75, 3.05) is 6.54 Å². The Hall–Kier alpha value is -2.55. The molecule has 1 aliphatic heterocycles. The zero-order valence-corrected chi connectivity index (χ0v) is 12.5. The average Bonchev–Trinajstić information content (AvgIpc) is 3.27. The quantitative estimate of drug-likeness (QED) is 0.708. The van der Waals surface area contributed by atoms with Gasteiger partial charge in [0.05, 0.1) is 17.6 Å². The third kappa shape index (κ3) is 2.39. The van der Waals surface area contributed by atoms with Gasteiger partial charge in [0.2, 0.25) is 5.91 Å². The molecule has 4 rings (SSSR count). The monoisotopic (exact) mass is 315 g/mol. The van der Waals surface area contributed by atoms with Gasteiger partial charge in [0.25, 0.3) is 0 Å². The highest BCUT2D eigenvalue weighted by Gasteiger charge is 2.22. The molecule has 0 bridgehead atoms. The summed E-state index contributed by atoms with van der Waals surface area (Å²) in [7, 11) is 0. The molecule has 0 spiro atoms. The molecule has 112 valence electrons. The molecule has 1 aliphatic rings. The van der Waals surface area contributed by atoms with Gasteiger partial charge in [0.15, 0.2) is 5.82 Å². The maximum Gasteiger partial charge on any atom is 0.244 e. The molecule has 0 aliphatic carbocycles. The summed E-state index contributed by atoms with van der Waals surface area (Å²) in [6.45, 7) is 2.07. The van der Waals surface area contributed by atoms with Crippen LogP contribution in [0.2, 0.25) is 0 Å². The van der Waals surface area contributed by atoms with Gasteiger partial charge in [-0.2, -0.15) is 0 Å².